The van der Waals surface area contributed by atoms with E-state index in [0.717, 1.165) is 17.2 Å². The number of esters is 1. The number of methoxy groups -OCH3 is 2. The highest BCUT2D eigenvalue weighted by Crippen LogP contribution is 2.39. The van der Waals surface area contributed by atoms with E-state index < -0.39 is 46.2 Å². The van der Waals surface area contributed by atoms with Crippen LogP contribution in [0.1, 0.15) is 34.9 Å². The molecule has 0 aliphatic heterocycles. The number of nitrogens with two attached hydrogens (primary N) is 1. The van der Waals surface area contributed by atoms with E-state index in [9.17, 15) is 23.2 Å². The maximum absolute atomic E-state index is 15.8. The van der Waals surface area contributed by atoms with E-state index in [4.69, 9.17) is 19.9 Å². The number of hydrogen-bond acceptors (Lipinski definition) is 9. The summed E-state index contributed by atoms with van der Waals surface area (Å²) >= 11 is 0. The predicted octanol–water partition coefficient (Wildman–Crippen LogP) is 6.21. The number of alkyl halides is 3. The first kappa shape index (κ1) is 34.5. The number of hydrogen-bond donors (Lipinski definition) is 3. The van der Waals surface area contributed by atoms with E-state index in [1.165, 1.54) is 39.6 Å². The number of benzene rings is 2. The van der Waals surface area contributed by atoms with Crippen LogP contribution in [0.25, 0.3) is 5.70 Å². The molecule has 13 heteroatoms. The van der Waals surface area contributed by atoms with Crippen molar-refractivity contribution in [1.82, 2.24) is 10.5 Å². The van der Waals surface area contributed by atoms with Crippen LogP contribution in [-0.4, -0.2) is 37.0 Å². The quantitative estimate of drug-likeness (QED) is 0.0666. The summed E-state index contributed by atoms with van der Waals surface area (Å²) in [5, 5.41) is 9.96. The van der Waals surface area contributed by atoms with Gasteiger partial charge in [-0.15, -0.1) is 0 Å². The number of carbonyl (C=O) groups excluding carboxylic acids is 1. The second-order valence-corrected chi connectivity index (χ2v) is 9.62. The second kappa shape index (κ2) is 15.1. The van der Waals surface area contributed by atoms with Gasteiger partial charge in [0.25, 0.3) is 0 Å². The number of anilines is 1. The molecule has 0 amide bonds. The number of nitrogens with zero attached hydrogens (tertiary/aromatic N) is 2. The van der Waals surface area contributed by atoms with E-state index in [2.05, 4.69) is 11.6 Å². The molecule has 9 nitrogen and oxygen atoms in total. The molecule has 0 spiro atoms. The smallest absolute Gasteiger partial charge is 0.418 e. The Morgan fingerprint density at radius 3 is 1.96 bits per heavy atom. The van der Waals surface area contributed by atoms with Crippen LogP contribution in [0.3, 0.4) is 0 Å². The topological polar surface area (TPSA) is 119 Å². The minimum absolute atomic E-state index is 0.0274. The molecule has 0 saturated heterocycles. The fraction of sp³-hybridized carbons (Fsp3) is 0.250. The van der Waals surface area contributed by atoms with E-state index in [1.54, 1.807) is 53.4 Å². The number of aromatic nitrogens is 1. The summed E-state index contributed by atoms with van der Waals surface area (Å²) in [6.07, 6.45) is -4.13. The molecule has 1 aromatic heterocycles. The minimum Gasteiger partial charge on any atom is -0.497 e. The molecule has 45 heavy (non-hydrogen) atoms. The number of ether oxygens (including phenoxy) is 3. The molecule has 0 aliphatic carbocycles. The van der Waals surface area contributed by atoms with Crippen LogP contribution in [0.15, 0.2) is 84.3 Å². The monoisotopic (exact) mass is 630 g/mol. The Morgan fingerprint density at radius 1 is 1.04 bits per heavy atom. The Morgan fingerprint density at radius 2 is 1.56 bits per heavy atom. The number of nitrogens with one attached hydrogen (secondary N) is 1. The molecule has 3 rings (SSSR count). The molecule has 0 fully saturated rings. The van der Waals surface area contributed by atoms with Crippen molar-refractivity contribution in [2.75, 3.05) is 25.7 Å². The van der Waals surface area contributed by atoms with Gasteiger partial charge < -0.3 is 24.8 Å². The average Bonchev–Trinajstić information content (AvgIpc) is 3.01. The first-order chi connectivity index (χ1) is 21.4. The van der Waals surface area contributed by atoms with E-state index in [1.807, 2.05) is 0 Å². The maximum atomic E-state index is 15.8. The molecule has 1 heterocycles. The summed E-state index contributed by atoms with van der Waals surface area (Å²) in [4.78, 5) is 18.2. The highest BCUT2D eigenvalue weighted by molar-refractivity contribution is 5.93. The Hall–Kier alpha value is -5.04. The molecular weight excluding hydrogens is 596 g/mol. The van der Waals surface area contributed by atoms with Gasteiger partial charge in [0, 0.05) is 13.1 Å². The van der Waals surface area contributed by atoms with Gasteiger partial charge >= 0.3 is 12.1 Å². The molecular formula is C32H34F4N4O5. The van der Waals surface area contributed by atoms with Gasteiger partial charge in [0.2, 0.25) is 0 Å². The minimum atomic E-state index is -5.02. The van der Waals surface area contributed by atoms with Crippen molar-refractivity contribution in [1.29, 1.82) is 0 Å². The Balaban J connectivity index is 2.28. The highest BCUT2D eigenvalue weighted by atomic mass is 19.4. The fourth-order valence-corrected chi connectivity index (χ4v) is 4.45. The molecule has 4 N–H and O–H groups in total. The van der Waals surface area contributed by atoms with Crippen LogP contribution in [-0.2, 0) is 28.8 Å². The fourth-order valence-electron chi connectivity index (χ4n) is 4.45. The molecule has 240 valence electrons. The van der Waals surface area contributed by atoms with Crippen molar-refractivity contribution in [3.63, 3.8) is 0 Å². The van der Waals surface area contributed by atoms with Gasteiger partial charge in [-0.1, -0.05) is 36.9 Å². The summed E-state index contributed by atoms with van der Waals surface area (Å²) in [6, 6.07) is 15.3. The molecule has 0 atom stereocenters. The lowest BCUT2D eigenvalue weighted by atomic mass is 10.0. The number of allylic oxidation sites excluding steroid dienone is 1. The van der Waals surface area contributed by atoms with Crippen molar-refractivity contribution in [2.24, 2.45) is 5.73 Å². The number of halogens is 4. The van der Waals surface area contributed by atoms with Gasteiger partial charge in [0.15, 0.2) is 5.83 Å². The first-order valence-corrected chi connectivity index (χ1v) is 13.6. The van der Waals surface area contributed by atoms with E-state index >= 15 is 4.39 Å². The van der Waals surface area contributed by atoms with Crippen LogP contribution in [0.2, 0.25) is 0 Å². The van der Waals surface area contributed by atoms with Crippen molar-refractivity contribution in [2.45, 2.75) is 33.1 Å². The second-order valence-electron chi connectivity index (χ2n) is 9.62. The van der Waals surface area contributed by atoms with E-state index in [-0.39, 0.29) is 31.1 Å². The van der Waals surface area contributed by atoms with Gasteiger partial charge in [0.05, 0.1) is 37.7 Å². The molecule has 0 unspecified atom stereocenters. The van der Waals surface area contributed by atoms with Gasteiger partial charge in [0.1, 0.15) is 28.7 Å². The summed E-state index contributed by atoms with van der Waals surface area (Å²) in [5.74, 6) is -1.39. The third-order valence-electron chi connectivity index (χ3n) is 6.67. The Kier molecular flexibility index (Phi) is 11.6. The standard InChI is InChI=1S/C32H34F4N4O5/c1-6-24(31(41)45-7-2)28(37)27(33)30(39-42)29-26(32(34,35)36)19(3)16-25(38-29)40(17-20-8-12-22(43-4)13-9-20)18-21-10-14-23(44-5)15-11-21/h6,8-16,39,42H,1,7,17-18,37H2,2-5H3/b28-24-,30-27+. The lowest BCUT2D eigenvalue weighted by Crippen LogP contribution is -2.26. The van der Waals surface area contributed by atoms with Gasteiger partial charge in [-0.3, -0.25) is 10.7 Å². The number of hydroxylamine groups is 1. The zero-order chi connectivity index (χ0) is 33.3. The third kappa shape index (κ3) is 8.32. The normalized spacial score (nSPS) is 12.5. The number of aryl methyl sites for hydroxylation is 1. The van der Waals surface area contributed by atoms with Crippen LogP contribution in [0.4, 0.5) is 23.4 Å². The zero-order valence-electron chi connectivity index (χ0n) is 25.2. The van der Waals surface area contributed by atoms with E-state index in [0.29, 0.717) is 11.5 Å². The van der Waals surface area contributed by atoms with Crippen LogP contribution < -0.4 is 25.6 Å². The Bertz CT molecular complexity index is 1520. The van der Waals surface area contributed by atoms with Crippen LogP contribution in [0.5, 0.6) is 11.5 Å². The summed E-state index contributed by atoms with van der Waals surface area (Å²) in [5.41, 5.74) is 3.67. The number of rotatable bonds is 13. The van der Waals surface area contributed by atoms with Crippen molar-refractivity contribution in [3.05, 3.63) is 112 Å². The SMILES string of the molecule is C=C/C(C(=O)OCC)=C(N)\C(F)=C(/NO)c1nc(N(Cc2ccc(OC)cc2)Cc2ccc(OC)cc2)cc(C)c1C(F)(F)F. The molecule has 2 aromatic carbocycles. The highest BCUT2D eigenvalue weighted by Gasteiger charge is 2.39. The first-order valence-electron chi connectivity index (χ1n) is 13.6. The van der Waals surface area contributed by atoms with Crippen molar-refractivity contribution < 1.29 is 41.8 Å². The molecule has 3 aromatic rings. The molecule has 0 aliphatic rings. The third-order valence-corrected chi connectivity index (χ3v) is 6.67. The van der Waals surface area contributed by atoms with Gasteiger partial charge in [-0.2, -0.15) is 13.2 Å². The average molecular weight is 631 g/mol. The predicted molar refractivity (Wildman–Crippen MR) is 161 cm³/mol. The summed E-state index contributed by atoms with van der Waals surface area (Å²) in [7, 11) is 3.04. The molecule has 0 radical (unpaired) electrons. The molecule has 0 saturated carbocycles. The van der Waals surface area contributed by atoms with Crippen molar-refractivity contribution >= 4 is 17.5 Å². The maximum Gasteiger partial charge on any atom is 0.418 e. The zero-order valence-corrected chi connectivity index (χ0v) is 25.2. The van der Waals surface area contributed by atoms with Crippen LogP contribution in [0, 0.1) is 6.92 Å². The lowest BCUT2D eigenvalue weighted by molar-refractivity contribution is -0.139. The molecule has 0 bridgehead atoms. The number of pyridine rings is 1. The Labute approximate surface area is 258 Å². The summed E-state index contributed by atoms with van der Waals surface area (Å²) < 4.78 is 74.4. The number of carbonyl (C=O) groups is 1. The largest absolute Gasteiger partial charge is 0.497 e. The van der Waals surface area contributed by atoms with Gasteiger partial charge in [-0.05, 0) is 60.9 Å². The summed E-state index contributed by atoms with van der Waals surface area (Å²) in [6.45, 7) is 6.36. The lowest BCUT2D eigenvalue weighted by Gasteiger charge is -2.27. The van der Waals surface area contributed by atoms with Crippen molar-refractivity contribution in [3.8, 4) is 11.5 Å². The van der Waals surface area contributed by atoms with Crippen LogP contribution >= 0.6 is 0 Å². The van der Waals surface area contributed by atoms with Gasteiger partial charge in [-0.25, -0.2) is 14.2 Å².